The van der Waals surface area contributed by atoms with Crippen molar-refractivity contribution >= 4 is 23.2 Å². The molecule has 0 aliphatic heterocycles. The smallest absolute Gasteiger partial charge is 0.0977 e. The predicted molar refractivity (Wildman–Crippen MR) is 59.5 cm³/mol. The van der Waals surface area contributed by atoms with Gasteiger partial charge in [0.1, 0.15) is 0 Å². The molecule has 1 rings (SSSR count). The van der Waals surface area contributed by atoms with E-state index in [4.69, 9.17) is 29.6 Å². The molecule has 0 amide bonds. The number of hydrogen-bond donors (Lipinski definition) is 1. The van der Waals surface area contributed by atoms with E-state index in [-0.39, 0.29) is 6.42 Å². The summed E-state index contributed by atoms with van der Waals surface area (Å²) in [6, 6.07) is 4.98. The molecule has 1 aromatic rings. The lowest BCUT2D eigenvalue weighted by Crippen LogP contribution is -2.20. The van der Waals surface area contributed by atoms with Crippen molar-refractivity contribution in [1.82, 2.24) is 0 Å². The van der Waals surface area contributed by atoms with E-state index in [1.165, 1.54) is 0 Å². The van der Waals surface area contributed by atoms with Crippen molar-refractivity contribution < 1.29 is 5.11 Å². The van der Waals surface area contributed by atoms with Gasteiger partial charge in [0, 0.05) is 6.42 Å². The van der Waals surface area contributed by atoms with Gasteiger partial charge < -0.3 is 5.11 Å². The van der Waals surface area contributed by atoms with Gasteiger partial charge in [-0.05, 0) is 24.6 Å². The van der Waals surface area contributed by atoms with E-state index in [9.17, 15) is 5.11 Å². The lowest BCUT2D eigenvalue weighted by atomic mass is 9.93. The normalized spacial score (nSPS) is 14.5. The molecule has 1 atom stereocenters. The fraction of sp³-hybridized carbons (Fsp3) is 0.273. The van der Waals surface area contributed by atoms with Crippen LogP contribution in [0.2, 0.25) is 10.0 Å². The lowest BCUT2D eigenvalue weighted by Gasteiger charge is -2.21. The zero-order valence-corrected chi connectivity index (χ0v) is 9.23. The van der Waals surface area contributed by atoms with E-state index in [2.05, 4.69) is 5.92 Å². The monoisotopic (exact) mass is 228 g/mol. The summed E-state index contributed by atoms with van der Waals surface area (Å²) in [6.07, 6.45) is 5.39. The first-order valence-corrected chi connectivity index (χ1v) is 4.84. The van der Waals surface area contributed by atoms with Crippen LogP contribution < -0.4 is 0 Å². The molecule has 14 heavy (non-hydrogen) atoms. The molecule has 74 valence electrons. The average molecular weight is 229 g/mol. The third-order valence-electron chi connectivity index (χ3n) is 1.99. The van der Waals surface area contributed by atoms with Crippen LogP contribution in [0.5, 0.6) is 0 Å². The van der Waals surface area contributed by atoms with Crippen molar-refractivity contribution in [2.24, 2.45) is 0 Å². The first-order valence-electron chi connectivity index (χ1n) is 4.09. The van der Waals surface area contributed by atoms with Crippen LogP contribution in [0.1, 0.15) is 18.9 Å². The minimum atomic E-state index is -1.05. The van der Waals surface area contributed by atoms with Crippen LogP contribution in [-0.4, -0.2) is 5.11 Å². The molecule has 0 heterocycles. The minimum absolute atomic E-state index is 0.241. The van der Waals surface area contributed by atoms with E-state index in [1.807, 2.05) is 0 Å². The van der Waals surface area contributed by atoms with Gasteiger partial charge in [0.2, 0.25) is 0 Å². The zero-order valence-electron chi connectivity index (χ0n) is 7.72. The van der Waals surface area contributed by atoms with Gasteiger partial charge in [-0.2, -0.15) is 0 Å². The second-order valence-electron chi connectivity index (χ2n) is 3.28. The van der Waals surface area contributed by atoms with Crippen LogP contribution >= 0.6 is 23.2 Å². The van der Waals surface area contributed by atoms with Crippen LogP contribution in [0.4, 0.5) is 0 Å². The van der Waals surface area contributed by atoms with Crippen molar-refractivity contribution in [3.8, 4) is 12.3 Å². The maximum absolute atomic E-state index is 9.96. The molecule has 1 aromatic carbocycles. The highest BCUT2D eigenvalue weighted by Gasteiger charge is 2.22. The first-order chi connectivity index (χ1) is 6.47. The van der Waals surface area contributed by atoms with Gasteiger partial charge in [-0.1, -0.05) is 29.3 Å². The van der Waals surface area contributed by atoms with Crippen molar-refractivity contribution in [2.45, 2.75) is 18.9 Å². The Morgan fingerprint density at radius 3 is 2.57 bits per heavy atom. The Morgan fingerprint density at radius 2 is 2.07 bits per heavy atom. The third kappa shape index (κ3) is 2.42. The standard InChI is InChI=1S/C11H10Cl2O/c1-3-6-11(2,14)8-4-5-9(12)10(13)7-8/h1,4-5,7,14H,6H2,2H3/t11-/m1/s1. The molecule has 0 fully saturated rings. The molecule has 0 aliphatic rings. The topological polar surface area (TPSA) is 20.2 Å². The molecule has 0 bridgehead atoms. The maximum Gasteiger partial charge on any atom is 0.0977 e. The molecular formula is C11H10Cl2O. The second kappa shape index (κ2) is 4.23. The number of benzene rings is 1. The van der Waals surface area contributed by atoms with Crippen molar-refractivity contribution in [3.05, 3.63) is 33.8 Å². The third-order valence-corrected chi connectivity index (χ3v) is 2.73. The van der Waals surface area contributed by atoms with Crippen LogP contribution in [0.3, 0.4) is 0 Å². The number of rotatable bonds is 2. The lowest BCUT2D eigenvalue weighted by molar-refractivity contribution is 0.0630. The Morgan fingerprint density at radius 1 is 1.43 bits per heavy atom. The summed E-state index contributed by atoms with van der Waals surface area (Å²) in [4.78, 5) is 0. The summed E-state index contributed by atoms with van der Waals surface area (Å²) in [7, 11) is 0. The quantitative estimate of drug-likeness (QED) is 0.772. The van der Waals surface area contributed by atoms with Gasteiger partial charge in [-0.15, -0.1) is 12.3 Å². The Hall–Kier alpha value is -0.680. The summed E-state index contributed by atoms with van der Waals surface area (Å²) in [5, 5.41) is 10.8. The molecule has 0 radical (unpaired) electrons. The summed E-state index contributed by atoms with van der Waals surface area (Å²) in [5.41, 5.74) is -0.381. The molecule has 0 unspecified atom stereocenters. The van der Waals surface area contributed by atoms with Crippen LogP contribution in [0.25, 0.3) is 0 Å². The highest BCUT2D eigenvalue weighted by atomic mass is 35.5. The predicted octanol–water partition coefficient (Wildman–Crippen LogP) is 3.22. The number of terminal acetylenes is 1. The molecule has 0 saturated carbocycles. The van der Waals surface area contributed by atoms with E-state index >= 15 is 0 Å². The largest absolute Gasteiger partial charge is 0.384 e. The summed E-state index contributed by atoms with van der Waals surface area (Å²) in [6.45, 7) is 1.65. The Bertz CT molecular complexity index is 377. The number of aliphatic hydroxyl groups is 1. The SMILES string of the molecule is C#CC[C@@](C)(O)c1ccc(Cl)c(Cl)c1. The fourth-order valence-corrected chi connectivity index (χ4v) is 1.43. The molecule has 0 aliphatic carbocycles. The second-order valence-corrected chi connectivity index (χ2v) is 4.10. The molecule has 0 aromatic heterocycles. The van der Waals surface area contributed by atoms with Crippen molar-refractivity contribution in [2.75, 3.05) is 0 Å². The Kier molecular flexibility index (Phi) is 3.44. The number of halogens is 2. The molecule has 1 nitrogen and oxygen atoms in total. The maximum atomic E-state index is 9.96. The zero-order chi connectivity index (χ0) is 10.8. The van der Waals surface area contributed by atoms with Gasteiger partial charge in [-0.3, -0.25) is 0 Å². The highest BCUT2D eigenvalue weighted by molar-refractivity contribution is 6.42. The molecule has 0 spiro atoms. The van der Waals surface area contributed by atoms with Gasteiger partial charge in [-0.25, -0.2) is 0 Å². The summed E-state index contributed by atoms with van der Waals surface area (Å²) < 4.78 is 0. The molecule has 3 heteroatoms. The molecular weight excluding hydrogens is 219 g/mol. The van der Waals surface area contributed by atoms with Crippen LogP contribution in [-0.2, 0) is 5.60 Å². The van der Waals surface area contributed by atoms with E-state index in [1.54, 1.807) is 25.1 Å². The van der Waals surface area contributed by atoms with Gasteiger partial charge >= 0.3 is 0 Å². The molecule has 0 saturated heterocycles. The van der Waals surface area contributed by atoms with Gasteiger partial charge in [0.05, 0.1) is 15.6 Å². The summed E-state index contributed by atoms with van der Waals surface area (Å²) >= 11 is 11.6. The van der Waals surface area contributed by atoms with Gasteiger partial charge in [0.15, 0.2) is 0 Å². The van der Waals surface area contributed by atoms with Crippen LogP contribution in [0, 0.1) is 12.3 Å². The van der Waals surface area contributed by atoms with Crippen molar-refractivity contribution in [1.29, 1.82) is 0 Å². The van der Waals surface area contributed by atoms with Gasteiger partial charge in [0.25, 0.3) is 0 Å². The Labute approximate surface area is 93.7 Å². The summed E-state index contributed by atoms with van der Waals surface area (Å²) in [5.74, 6) is 2.41. The minimum Gasteiger partial charge on any atom is -0.384 e. The van der Waals surface area contributed by atoms with E-state index in [0.29, 0.717) is 15.6 Å². The average Bonchev–Trinajstić information content (AvgIpc) is 2.09. The van der Waals surface area contributed by atoms with E-state index < -0.39 is 5.60 Å². The van der Waals surface area contributed by atoms with Crippen molar-refractivity contribution in [3.63, 3.8) is 0 Å². The number of hydrogen-bond acceptors (Lipinski definition) is 1. The fourth-order valence-electron chi connectivity index (χ4n) is 1.13. The highest BCUT2D eigenvalue weighted by Crippen LogP contribution is 2.30. The Balaban J connectivity index is 3.09. The van der Waals surface area contributed by atoms with Crippen LogP contribution in [0.15, 0.2) is 18.2 Å². The first kappa shape index (κ1) is 11.4. The molecule has 1 N–H and O–H groups in total. The van der Waals surface area contributed by atoms with E-state index in [0.717, 1.165) is 0 Å².